The molecule has 0 radical (unpaired) electrons. The van der Waals surface area contributed by atoms with Crippen molar-refractivity contribution in [1.82, 2.24) is 4.57 Å². The van der Waals surface area contributed by atoms with Gasteiger partial charge >= 0.3 is 5.76 Å². The number of fused-ring (bicyclic) bond motifs is 1. The molecule has 0 aliphatic heterocycles. The van der Waals surface area contributed by atoms with E-state index in [0.29, 0.717) is 21.7 Å². The Morgan fingerprint density at radius 2 is 1.62 bits per heavy atom. The summed E-state index contributed by atoms with van der Waals surface area (Å²) in [4.78, 5) is 24.7. The van der Waals surface area contributed by atoms with Crippen molar-refractivity contribution in [2.45, 2.75) is 6.54 Å². The van der Waals surface area contributed by atoms with E-state index in [0.717, 1.165) is 11.1 Å². The molecule has 4 nitrogen and oxygen atoms in total. The zero-order chi connectivity index (χ0) is 18.1. The number of oxazole rings is 1. The first kappa shape index (κ1) is 16.4. The Labute approximate surface area is 154 Å². The fraction of sp³-hybridized carbons (Fsp3) is 0.0476. The van der Waals surface area contributed by atoms with E-state index >= 15 is 0 Å². The van der Waals surface area contributed by atoms with Gasteiger partial charge in [0, 0.05) is 10.6 Å². The molecule has 0 saturated heterocycles. The molecule has 0 atom stereocenters. The fourth-order valence-corrected chi connectivity index (χ4v) is 3.07. The monoisotopic (exact) mass is 363 g/mol. The highest BCUT2D eigenvalue weighted by molar-refractivity contribution is 6.31. The lowest BCUT2D eigenvalue weighted by molar-refractivity contribution is 0.0970. The van der Waals surface area contributed by atoms with Crippen LogP contribution in [0.1, 0.15) is 10.4 Å². The summed E-state index contributed by atoms with van der Waals surface area (Å²) in [6.07, 6.45) is 0. The van der Waals surface area contributed by atoms with Gasteiger partial charge in [-0.05, 0) is 29.3 Å². The summed E-state index contributed by atoms with van der Waals surface area (Å²) in [6, 6.07) is 22.1. The Kier molecular flexibility index (Phi) is 4.19. The molecule has 0 spiro atoms. The highest BCUT2D eigenvalue weighted by atomic mass is 35.5. The van der Waals surface area contributed by atoms with E-state index in [-0.39, 0.29) is 12.3 Å². The van der Waals surface area contributed by atoms with Gasteiger partial charge in [-0.3, -0.25) is 9.36 Å². The summed E-state index contributed by atoms with van der Waals surface area (Å²) < 4.78 is 6.46. The second kappa shape index (κ2) is 6.65. The summed E-state index contributed by atoms with van der Waals surface area (Å²) in [7, 11) is 0. The van der Waals surface area contributed by atoms with E-state index < -0.39 is 5.76 Å². The van der Waals surface area contributed by atoms with E-state index in [9.17, 15) is 9.59 Å². The van der Waals surface area contributed by atoms with E-state index in [1.165, 1.54) is 4.57 Å². The molecule has 0 N–H and O–H groups in total. The molecule has 4 rings (SSSR count). The van der Waals surface area contributed by atoms with Gasteiger partial charge in [0.25, 0.3) is 0 Å². The lowest BCUT2D eigenvalue weighted by Crippen LogP contribution is -2.20. The molecule has 0 aliphatic rings. The van der Waals surface area contributed by atoms with Crippen LogP contribution in [0.4, 0.5) is 0 Å². The third kappa shape index (κ3) is 3.07. The quantitative estimate of drug-likeness (QED) is 0.489. The van der Waals surface area contributed by atoms with Gasteiger partial charge in [-0.25, -0.2) is 4.79 Å². The topological polar surface area (TPSA) is 52.2 Å². The lowest BCUT2D eigenvalue weighted by atomic mass is 10.0. The molecule has 3 aromatic carbocycles. The van der Waals surface area contributed by atoms with Crippen LogP contribution in [-0.4, -0.2) is 10.4 Å². The average Bonchev–Trinajstić information content (AvgIpc) is 2.97. The molecule has 0 saturated carbocycles. The molecule has 128 valence electrons. The number of carbonyl (C=O) groups excluding carboxylic acids is 1. The first-order valence-electron chi connectivity index (χ1n) is 8.09. The van der Waals surface area contributed by atoms with Crippen LogP contribution in [0.5, 0.6) is 0 Å². The number of halogens is 1. The van der Waals surface area contributed by atoms with E-state index in [2.05, 4.69) is 0 Å². The Morgan fingerprint density at radius 3 is 2.35 bits per heavy atom. The van der Waals surface area contributed by atoms with Gasteiger partial charge in [-0.2, -0.15) is 0 Å². The molecule has 1 heterocycles. The van der Waals surface area contributed by atoms with E-state index in [4.69, 9.17) is 16.0 Å². The molecule has 0 aliphatic carbocycles. The molecule has 0 amide bonds. The lowest BCUT2D eigenvalue weighted by Gasteiger charge is -2.05. The highest BCUT2D eigenvalue weighted by Crippen LogP contribution is 2.21. The maximum atomic E-state index is 12.6. The van der Waals surface area contributed by atoms with Crippen LogP contribution < -0.4 is 5.76 Å². The molecule has 0 unspecified atom stereocenters. The second-order valence-electron chi connectivity index (χ2n) is 5.93. The summed E-state index contributed by atoms with van der Waals surface area (Å²) in [5, 5.41) is 0.478. The number of benzene rings is 3. The molecule has 1 aromatic heterocycles. The van der Waals surface area contributed by atoms with Crippen LogP contribution >= 0.6 is 11.6 Å². The molecular formula is C21H14ClNO3. The smallest absolute Gasteiger partial charge is 0.408 e. The van der Waals surface area contributed by atoms with E-state index in [1.54, 1.807) is 30.3 Å². The fourth-order valence-electron chi connectivity index (χ4n) is 2.90. The zero-order valence-electron chi connectivity index (χ0n) is 13.7. The van der Waals surface area contributed by atoms with Crippen LogP contribution in [0.15, 0.2) is 82.0 Å². The number of rotatable bonds is 4. The summed E-state index contributed by atoms with van der Waals surface area (Å²) >= 11 is 5.99. The minimum absolute atomic E-state index is 0.100. The number of hydrogen-bond acceptors (Lipinski definition) is 3. The summed E-state index contributed by atoms with van der Waals surface area (Å²) in [6.45, 7) is -0.100. The predicted octanol–water partition coefficient (Wildman–Crippen LogP) is 4.80. The van der Waals surface area contributed by atoms with Crippen LogP contribution in [0, 0.1) is 0 Å². The first-order valence-corrected chi connectivity index (χ1v) is 8.47. The Hall–Kier alpha value is -3.11. The van der Waals surface area contributed by atoms with Gasteiger partial charge in [-0.15, -0.1) is 0 Å². The SMILES string of the molecule is O=C(Cn1c(=O)oc2ccc(Cl)cc21)c1ccc(-c2ccccc2)cc1. The molecule has 26 heavy (non-hydrogen) atoms. The standard InChI is InChI=1S/C21H14ClNO3/c22-17-10-11-20-18(12-17)23(21(25)26-20)13-19(24)16-8-6-15(7-9-16)14-4-2-1-3-5-14/h1-12H,13H2. The van der Waals surface area contributed by atoms with Crippen molar-refractivity contribution in [2.75, 3.05) is 0 Å². The maximum Gasteiger partial charge on any atom is 0.420 e. The second-order valence-corrected chi connectivity index (χ2v) is 6.37. The number of carbonyl (C=O) groups is 1. The maximum absolute atomic E-state index is 12.6. The number of ketones is 1. The molecule has 4 aromatic rings. The third-order valence-corrected chi connectivity index (χ3v) is 4.48. The number of aromatic nitrogens is 1. The van der Waals surface area contributed by atoms with Crippen LogP contribution in [0.25, 0.3) is 22.2 Å². The summed E-state index contributed by atoms with van der Waals surface area (Å²) in [5.41, 5.74) is 3.56. The number of hydrogen-bond donors (Lipinski definition) is 0. The Bertz CT molecular complexity index is 1140. The third-order valence-electron chi connectivity index (χ3n) is 4.25. The number of Topliss-reactive ketones (excluding diaryl/α,β-unsaturated/α-hetero) is 1. The van der Waals surface area contributed by atoms with Crippen molar-refractivity contribution in [1.29, 1.82) is 0 Å². The van der Waals surface area contributed by atoms with E-state index in [1.807, 2.05) is 42.5 Å². The van der Waals surface area contributed by atoms with Gasteiger partial charge in [0.05, 0.1) is 12.1 Å². The first-order chi connectivity index (χ1) is 12.6. The van der Waals surface area contributed by atoms with Gasteiger partial charge < -0.3 is 4.42 Å². The normalized spacial score (nSPS) is 11.0. The van der Waals surface area contributed by atoms with Gasteiger partial charge in [0.1, 0.15) is 0 Å². The number of nitrogens with zero attached hydrogens (tertiary/aromatic N) is 1. The van der Waals surface area contributed by atoms with Crippen molar-refractivity contribution in [3.8, 4) is 11.1 Å². The van der Waals surface area contributed by atoms with Gasteiger partial charge in [0.15, 0.2) is 11.4 Å². The van der Waals surface area contributed by atoms with Crippen molar-refractivity contribution in [3.05, 3.63) is 93.9 Å². The van der Waals surface area contributed by atoms with Crippen LogP contribution in [0.2, 0.25) is 5.02 Å². The van der Waals surface area contributed by atoms with Crippen molar-refractivity contribution < 1.29 is 9.21 Å². The molecular weight excluding hydrogens is 350 g/mol. The molecule has 5 heteroatoms. The van der Waals surface area contributed by atoms with Crippen molar-refractivity contribution in [3.63, 3.8) is 0 Å². The summed E-state index contributed by atoms with van der Waals surface area (Å²) in [5.74, 6) is -0.745. The van der Waals surface area contributed by atoms with Gasteiger partial charge in [0.2, 0.25) is 0 Å². The minimum atomic E-state index is -0.573. The van der Waals surface area contributed by atoms with Gasteiger partial charge in [-0.1, -0.05) is 66.2 Å². The average molecular weight is 364 g/mol. The molecule has 0 fully saturated rings. The van der Waals surface area contributed by atoms with Crippen LogP contribution in [-0.2, 0) is 6.54 Å². The Morgan fingerprint density at radius 1 is 0.923 bits per heavy atom. The highest BCUT2D eigenvalue weighted by Gasteiger charge is 2.14. The van der Waals surface area contributed by atoms with Crippen LogP contribution in [0.3, 0.4) is 0 Å². The molecule has 0 bridgehead atoms. The minimum Gasteiger partial charge on any atom is -0.408 e. The Balaban J connectivity index is 1.62. The van der Waals surface area contributed by atoms with Crippen molar-refractivity contribution in [2.24, 2.45) is 0 Å². The predicted molar refractivity (Wildman–Crippen MR) is 102 cm³/mol. The zero-order valence-corrected chi connectivity index (χ0v) is 14.4. The van der Waals surface area contributed by atoms with Crippen molar-refractivity contribution >= 4 is 28.5 Å². The largest absolute Gasteiger partial charge is 0.420 e.